The SMILES string of the molecule is O=[N+]([O-])c1c(OCF)ccc(Br)c1F. The molecule has 1 aromatic carbocycles. The number of nitro benzene ring substituents is 1. The van der Waals surface area contributed by atoms with Crippen molar-refractivity contribution in [2.24, 2.45) is 0 Å². The van der Waals surface area contributed by atoms with E-state index >= 15 is 0 Å². The van der Waals surface area contributed by atoms with Crippen LogP contribution < -0.4 is 4.74 Å². The van der Waals surface area contributed by atoms with Gasteiger partial charge in [0.1, 0.15) is 0 Å². The van der Waals surface area contributed by atoms with E-state index in [9.17, 15) is 18.9 Å². The Kier molecular flexibility index (Phi) is 3.34. The second kappa shape index (κ2) is 4.32. The van der Waals surface area contributed by atoms with Gasteiger partial charge in [-0.25, -0.2) is 4.39 Å². The second-order valence-corrected chi connectivity index (χ2v) is 3.07. The van der Waals surface area contributed by atoms with Gasteiger partial charge in [-0.15, -0.1) is 0 Å². The average Bonchev–Trinajstić information content (AvgIpc) is 2.11. The van der Waals surface area contributed by atoms with E-state index in [-0.39, 0.29) is 4.47 Å². The normalized spacial score (nSPS) is 9.93. The maximum atomic E-state index is 13.1. The van der Waals surface area contributed by atoms with Gasteiger partial charge in [0.05, 0.1) is 9.40 Å². The van der Waals surface area contributed by atoms with E-state index < -0.39 is 29.0 Å². The Labute approximate surface area is 85.8 Å². The first-order chi connectivity index (χ1) is 6.57. The molecule has 76 valence electrons. The van der Waals surface area contributed by atoms with Gasteiger partial charge in [0.2, 0.25) is 18.4 Å². The lowest BCUT2D eigenvalue weighted by Crippen LogP contribution is -1.99. The van der Waals surface area contributed by atoms with Gasteiger partial charge in [-0.05, 0) is 28.1 Å². The number of benzene rings is 1. The van der Waals surface area contributed by atoms with E-state index in [1.165, 1.54) is 6.07 Å². The lowest BCUT2D eigenvalue weighted by Gasteiger charge is -2.03. The van der Waals surface area contributed by atoms with Crippen molar-refractivity contribution in [3.05, 3.63) is 32.5 Å². The van der Waals surface area contributed by atoms with Crippen LogP contribution >= 0.6 is 15.9 Å². The Morgan fingerprint density at radius 1 is 1.57 bits per heavy atom. The first kappa shape index (κ1) is 10.8. The largest absolute Gasteiger partial charge is 0.456 e. The van der Waals surface area contributed by atoms with E-state index in [4.69, 9.17) is 0 Å². The molecule has 0 N–H and O–H groups in total. The summed E-state index contributed by atoms with van der Waals surface area (Å²) in [6.45, 7) is -1.25. The highest BCUT2D eigenvalue weighted by Gasteiger charge is 2.23. The van der Waals surface area contributed by atoms with Crippen LogP contribution in [0.1, 0.15) is 0 Å². The van der Waals surface area contributed by atoms with Gasteiger partial charge in [-0.3, -0.25) is 10.1 Å². The molecule has 0 aliphatic rings. The molecule has 7 heteroatoms. The van der Waals surface area contributed by atoms with Crippen molar-refractivity contribution >= 4 is 21.6 Å². The Hall–Kier alpha value is -1.24. The van der Waals surface area contributed by atoms with Crippen molar-refractivity contribution in [2.45, 2.75) is 0 Å². The highest BCUT2D eigenvalue weighted by atomic mass is 79.9. The van der Waals surface area contributed by atoms with Gasteiger partial charge in [0, 0.05) is 0 Å². The highest BCUT2D eigenvalue weighted by Crippen LogP contribution is 2.34. The molecule has 1 rings (SSSR count). The molecule has 0 amide bonds. The van der Waals surface area contributed by atoms with Crippen LogP contribution in [-0.2, 0) is 0 Å². The molecular weight excluding hydrogens is 264 g/mol. The van der Waals surface area contributed by atoms with Crippen molar-refractivity contribution in [2.75, 3.05) is 6.86 Å². The number of hydrogen-bond donors (Lipinski definition) is 0. The van der Waals surface area contributed by atoms with Crippen LogP contribution in [0.4, 0.5) is 14.5 Å². The molecule has 0 heterocycles. The Balaban J connectivity index is 3.30. The smallest absolute Gasteiger partial charge is 0.347 e. The molecule has 4 nitrogen and oxygen atoms in total. The quantitative estimate of drug-likeness (QED) is 0.625. The zero-order valence-electron chi connectivity index (χ0n) is 6.67. The van der Waals surface area contributed by atoms with Crippen molar-refractivity contribution in [3.8, 4) is 5.75 Å². The molecule has 14 heavy (non-hydrogen) atoms. The first-order valence-electron chi connectivity index (χ1n) is 3.39. The predicted octanol–water partition coefficient (Wildman–Crippen LogP) is 2.80. The minimum absolute atomic E-state index is 0.0737. The summed E-state index contributed by atoms with van der Waals surface area (Å²) in [6, 6.07) is 2.32. The summed E-state index contributed by atoms with van der Waals surface area (Å²) >= 11 is 2.77. The minimum atomic E-state index is -1.25. The molecule has 0 unspecified atom stereocenters. The average molecular weight is 268 g/mol. The van der Waals surface area contributed by atoms with Gasteiger partial charge in [-0.1, -0.05) is 0 Å². The molecule has 0 saturated heterocycles. The van der Waals surface area contributed by atoms with Crippen LogP contribution in [-0.4, -0.2) is 11.8 Å². The Morgan fingerprint density at radius 2 is 2.21 bits per heavy atom. The number of alkyl halides is 1. The molecule has 0 saturated carbocycles. The summed E-state index contributed by atoms with van der Waals surface area (Å²) in [5.74, 6) is -1.51. The fraction of sp³-hybridized carbons (Fsp3) is 0.143. The van der Waals surface area contributed by atoms with E-state index in [0.29, 0.717) is 0 Å². The van der Waals surface area contributed by atoms with Crippen LogP contribution in [0.25, 0.3) is 0 Å². The maximum Gasteiger partial charge on any atom is 0.347 e. The minimum Gasteiger partial charge on any atom is -0.456 e. The lowest BCUT2D eigenvalue weighted by atomic mass is 10.3. The third-order valence-corrected chi connectivity index (χ3v) is 2.04. The number of hydrogen-bond acceptors (Lipinski definition) is 3. The summed E-state index contributed by atoms with van der Waals surface area (Å²) in [5.41, 5.74) is -0.878. The second-order valence-electron chi connectivity index (χ2n) is 2.22. The van der Waals surface area contributed by atoms with Crippen LogP contribution in [0, 0.1) is 15.9 Å². The Bertz CT molecular complexity index is 372. The van der Waals surface area contributed by atoms with Gasteiger partial charge < -0.3 is 4.74 Å². The van der Waals surface area contributed by atoms with Crippen molar-refractivity contribution in [3.63, 3.8) is 0 Å². The molecule has 0 fully saturated rings. The van der Waals surface area contributed by atoms with Crippen molar-refractivity contribution in [1.29, 1.82) is 0 Å². The van der Waals surface area contributed by atoms with E-state index in [1.54, 1.807) is 0 Å². The van der Waals surface area contributed by atoms with Crippen LogP contribution in [0.2, 0.25) is 0 Å². The molecule has 0 bridgehead atoms. The molecule has 0 aromatic heterocycles. The zero-order valence-corrected chi connectivity index (χ0v) is 8.25. The maximum absolute atomic E-state index is 13.1. The predicted molar refractivity (Wildman–Crippen MR) is 47.4 cm³/mol. The summed E-state index contributed by atoms with van der Waals surface area (Å²) in [7, 11) is 0. The third-order valence-electron chi connectivity index (χ3n) is 1.42. The standard InChI is InChI=1S/C7H4BrF2NO3/c8-4-1-2-5(14-3-9)7(6(4)10)11(12)13/h1-2H,3H2. The molecule has 0 atom stereocenters. The summed E-state index contributed by atoms with van der Waals surface area (Å²) in [5, 5.41) is 10.4. The van der Waals surface area contributed by atoms with Crippen LogP contribution in [0.5, 0.6) is 5.75 Å². The third kappa shape index (κ3) is 1.98. The number of nitro groups is 1. The van der Waals surface area contributed by atoms with Crippen molar-refractivity contribution in [1.82, 2.24) is 0 Å². The van der Waals surface area contributed by atoms with E-state index in [0.717, 1.165) is 6.07 Å². The molecular formula is C7H4BrF2NO3. The zero-order chi connectivity index (χ0) is 10.7. The monoisotopic (exact) mass is 267 g/mol. The van der Waals surface area contributed by atoms with Gasteiger partial charge in [0.15, 0.2) is 0 Å². The van der Waals surface area contributed by atoms with Crippen molar-refractivity contribution < 1.29 is 18.4 Å². The Morgan fingerprint density at radius 3 is 2.71 bits per heavy atom. The van der Waals surface area contributed by atoms with E-state index in [1.807, 2.05) is 0 Å². The lowest BCUT2D eigenvalue weighted by molar-refractivity contribution is -0.388. The van der Waals surface area contributed by atoms with Gasteiger partial charge in [-0.2, -0.15) is 4.39 Å². The molecule has 1 aromatic rings. The highest BCUT2D eigenvalue weighted by molar-refractivity contribution is 9.10. The summed E-state index contributed by atoms with van der Waals surface area (Å²) < 4.78 is 29.1. The molecule has 0 aliphatic carbocycles. The number of rotatable bonds is 3. The number of halogens is 3. The van der Waals surface area contributed by atoms with E-state index in [2.05, 4.69) is 20.7 Å². The number of ether oxygens (including phenoxy) is 1. The fourth-order valence-electron chi connectivity index (χ4n) is 0.868. The van der Waals surface area contributed by atoms with Crippen LogP contribution in [0.15, 0.2) is 16.6 Å². The van der Waals surface area contributed by atoms with Gasteiger partial charge >= 0.3 is 5.69 Å². The number of nitrogens with zero attached hydrogens (tertiary/aromatic N) is 1. The van der Waals surface area contributed by atoms with Gasteiger partial charge in [0.25, 0.3) is 0 Å². The molecule has 0 aliphatic heterocycles. The summed E-state index contributed by atoms with van der Waals surface area (Å²) in [6.07, 6.45) is 0. The van der Waals surface area contributed by atoms with Crippen LogP contribution in [0.3, 0.4) is 0 Å². The fourth-order valence-corrected chi connectivity index (χ4v) is 1.19. The molecule has 0 spiro atoms. The summed E-state index contributed by atoms with van der Waals surface area (Å²) in [4.78, 5) is 9.44. The molecule has 0 radical (unpaired) electrons. The topological polar surface area (TPSA) is 52.4 Å². The first-order valence-corrected chi connectivity index (χ1v) is 4.18.